The molecule has 0 amide bonds. The minimum Gasteiger partial charge on any atom is -0.492 e. The van der Waals surface area contributed by atoms with Gasteiger partial charge in [-0.1, -0.05) is 41.4 Å². The van der Waals surface area contributed by atoms with Crippen molar-refractivity contribution in [1.82, 2.24) is 0 Å². The maximum absolute atomic E-state index is 11.4. The lowest BCUT2D eigenvalue weighted by Crippen LogP contribution is -2.19. The smallest absolute Gasteiger partial charge is 0.314 e. The molecule has 0 spiro atoms. The zero-order chi connectivity index (χ0) is 14.5. The second-order valence-corrected chi connectivity index (χ2v) is 5.02. The molecule has 0 aliphatic rings. The second kappa shape index (κ2) is 6.64. The van der Waals surface area contributed by atoms with Crippen LogP contribution in [0.25, 0.3) is 0 Å². The summed E-state index contributed by atoms with van der Waals surface area (Å²) in [6, 6.07) is 13.6. The maximum Gasteiger partial charge on any atom is 0.314 e. The molecule has 5 heteroatoms. The third kappa shape index (κ3) is 3.65. The average Bonchev–Trinajstić information content (AvgIpc) is 2.42. The Morgan fingerprint density at radius 2 is 1.75 bits per heavy atom. The number of halogens is 2. The number of ether oxygens (including phenoxy) is 1. The van der Waals surface area contributed by atoms with Gasteiger partial charge in [-0.3, -0.25) is 4.79 Å². The van der Waals surface area contributed by atoms with Gasteiger partial charge < -0.3 is 9.84 Å². The Balaban J connectivity index is 2.13. The Kier molecular flexibility index (Phi) is 4.88. The summed E-state index contributed by atoms with van der Waals surface area (Å²) in [7, 11) is 0. The van der Waals surface area contributed by atoms with Gasteiger partial charge >= 0.3 is 5.97 Å². The number of hydrogen-bond donors (Lipinski definition) is 1. The van der Waals surface area contributed by atoms with Crippen LogP contribution in [0, 0.1) is 0 Å². The van der Waals surface area contributed by atoms with E-state index in [1.807, 2.05) is 0 Å². The largest absolute Gasteiger partial charge is 0.492 e. The number of carboxylic acid groups (broad SMARTS) is 1. The molecule has 0 aromatic heterocycles. The van der Waals surface area contributed by atoms with Gasteiger partial charge in [-0.25, -0.2) is 0 Å². The van der Waals surface area contributed by atoms with Crippen LogP contribution in [0.15, 0.2) is 48.5 Å². The predicted molar refractivity (Wildman–Crippen MR) is 78.8 cm³/mol. The van der Waals surface area contributed by atoms with Crippen LogP contribution in [-0.4, -0.2) is 17.7 Å². The molecular formula is C15H12Cl2O3. The van der Waals surface area contributed by atoms with Gasteiger partial charge in [0.2, 0.25) is 0 Å². The SMILES string of the molecule is O=C(O)C(COc1ccc(Cl)cc1)c1ccccc1Cl. The summed E-state index contributed by atoms with van der Waals surface area (Å²) in [4.78, 5) is 11.4. The van der Waals surface area contributed by atoms with E-state index in [0.29, 0.717) is 21.4 Å². The monoisotopic (exact) mass is 310 g/mol. The molecule has 2 aromatic rings. The van der Waals surface area contributed by atoms with Crippen LogP contribution >= 0.6 is 23.2 Å². The summed E-state index contributed by atoms with van der Waals surface area (Å²) in [5, 5.41) is 10.3. The van der Waals surface area contributed by atoms with E-state index < -0.39 is 11.9 Å². The standard InChI is InChI=1S/C15H12Cl2O3/c16-10-5-7-11(8-6-10)20-9-13(15(18)19)12-3-1-2-4-14(12)17/h1-8,13H,9H2,(H,18,19). The van der Waals surface area contributed by atoms with E-state index in [1.54, 1.807) is 48.5 Å². The fourth-order valence-electron chi connectivity index (χ4n) is 1.76. The van der Waals surface area contributed by atoms with Crippen molar-refractivity contribution in [2.45, 2.75) is 5.92 Å². The Labute approximate surface area is 126 Å². The first kappa shape index (κ1) is 14.7. The average molecular weight is 311 g/mol. The molecule has 1 atom stereocenters. The molecule has 0 heterocycles. The van der Waals surface area contributed by atoms with Crippen molar-refractivity contribution in [3.05, 3.63) is 64.1 Å². The number of benzene rings is 2. The molecule has 0 bridgehead atoms. The molecule has 0 aliphatic carbocycles. The molecule has 20 heavy (non-hydrogen) atoms. The number of carboxylic acids is 1. The fourth-order valence-corrected chi connectivity index (χ4v) is 2.16. The quantitative estimate of drug-likeness (QED) is 0.898. The highest BCUT2D eigenvalue weighted by molar-refractivity contribution is 6.31. The van der Waals surface area contributed by atoms with Crippen molar-refractivity contribution in [3.63, 3.8) is 0 Å². The van der Waals surface area contributed by atoms with Crippen LogP contribution < -0.4 is 4.74 Å². The predicted octanol–water partition coefficient (Wildman–Crippen LogP) is 4.24. The Hall–Kier alpha value is -1.71. The highest BCUT2D eigenvalue weighted by atomic mass is 35.5. The number of hydrogen-bond acceptors (Lipinski definition) is 2. The normalized spacial score (nSPS) is 11.9. The zero-order valence-corrected chi connectivity index (χ0v) is 11.9. The molecule has 2 aromatic carbocycles. The van der Waals surface area contributed by atoms with Crippen molar-refractivity contribution < 1.29 is 14.6 Å². The minimum absolute atomic E-state index is 0.000693. The minimum atomic E-state index is -0.980. The number of aliphatic carboxylic acids is 1. The van der Waals surface area contributed by atoms with Gasteiger partial charge in [0.05, 0.1) is 0 Å². The summed E-state index contributed by atoms with van der Waals surface area (Å²) in [5.41, 5.74) is 0.538. The summed E-state index contributed by atoms with van der Waals surface area (Å²) in [5.74, 6) is -1.24. The van der Waals surface area contributed by atoms with Crippen molar-refractivity contribution in [1.29, 1.82) is 0 Å². The highest BCUT2D eigenvalue weighted by Gasteiger charge is 2.23. The second-order valence-electron chi connectivity index (χ2n) is 4.18. The van der Waals surface area contributed by atoms with Crippen molar-refractivity contribution in [3.8, 4) is 5.75 Å². The van der Waals surface area contributed by atoms with Crippen molar-refractivity contribution in [2.75, 3.05) is 6.61 Å². The van der Waals surface area contributed by atoms with Crippen molar-refractivity contribution >= 4 is 29.2 Å². The van der Waals surface area contributed by atoms with Gasteiger partial charge in [-0.15, -0.1) is 0 Å². The molecule has 3 nitrogen and oxygen atoms in total. The Morgan fingerprint density at radius 3 is 2.35 bits per heavy atom. The van der Waals surface area contributed by atoms with Gasteiger partial charge in [0, 0.05) is 10.0 Å². The van der Waals surface area contributed by atoms with E-state index in [4.69, 9.17) is 27.9 Å². The molecule has 0 saturated carbocycles. The zero-order valence-electron chi connectivity index (χ0n) is 10.4. The van der Waals surface area contributed by atoms with E-state index in [1.165, 1.54) is 0 Å². The van der Waals surface area contributed by atoms with E-state index in [0.717, 1.165) is 0 Å². The highest BCUT2D eigenvalue weighted by Crippen LogP contribution is 2.26. The molecule has 0 radical (unpaired) electrons. The first-order valence-electron chi connectivity index (χ1n) is 5.93. The molecule has 104 valence electrons. The topological polar surface area (TPSA) is 46.5 Å². The summed E-state index contributed by atoms with van der Waals surface area (Å²) in [6.45, 7) is 0.000693. The Bertz CT molecular complexity index is 596. The van der Waals surface area contributed by atoms with Crippen LogP contribution in [0.3, 0.4) is 0 Å². The lowest BCUT2D eigenvalue weighted by Gasteiger charge is -2.15. The van der Waals surface area contributed by atoms with E-state index in [9.17, 15) is 9.90 Å². The molecule has 0 saturated heterocycles. The van der Waals surface area contributed by atoms with Crippen LogP contribution in [0.1, 0.15) is 11.5 Å². The van der Waals surface area contributed by atoms with Gasteiger partial charge in [-0.2, -0.15) is 0 Å². The number of carbonyl (C=O) groups is 1. The van der Waals surface area contributed by atoms with Gasteiger partial charge in [-0.05, 0) is 35.9 Å². The summed E-state index contributed by atoms with van der Waals surface area (Å²) < 4.78 is 5.50. The first-order chi connectivity index (χ1) is 9.58. The molecule has 0 aliphatic heterocycles. The Morgan fingerprint density at radius 1 is 1.10 bits per heavy atom. The van der Waals surface area contributed by atoms with E-state index in [-0.39, 0.29) is 6.61 Å². The molecule has 1 unspecified atom stereocenters. The number of rotatable bonds is 5. The third-order valence-corrected chi connectivity index (χ3v) is 3.41. The lowest BCUT2D eigenvalue weighted by molar-refractivity contribution is -0.139. The van der Waals surface area contributed by atoms with Crippen molar-refractivity contribution in [2.24, 2.45) is 0 Å². The summed E-state index contributed by atoms with van der Waals surface area (Å²) >= 11 is 11.8. The summed E-state index contributed by atoms with van der Waals surface area (Å²) in [6.07, 6.45) is 0. The third-order valence-electron chi connectivity index (χ3n) is 2.81. The molecule has 2 rings (SSSR count). The van der Waals surface area contributed by atoms with Crippen LogP contribution in [0.5, 0.6) is 5.75 Å². The van der Waals surface area contributed by atoms with Crippen LogP contribution in [-0.2, 0) is 4.79 Å². The van der Waals surface area contributed by atoms with E-state index in [2.05, 4.69) is 0 Å². The fraction of sp³-hybridized carbons (Fsp3) is 0.133. The van der Waals surface area contributed by atoms with Gasteiger partial charge in [0.25, 0.3) is 0 Å². The maximum atomic E-state index is 11.4. The molecular weight excluding hydrogens is 299 g/mol. The first-order valence-corrected chi connectivity index (χ1v) is 6.69. The van der Waals surface area contributed by atoms with Crippen LogP contribution in [0.4, 0.5) is 0 Å². The molecule has 1 N–H and O–H groups in total. The molecule has 0 fully saturated rings. The van der Waals surface area contributed by atoms with E-state index >= 15 is 0 Å². The van der Waals surface area contributed by atoms with Gasteiger partial charge in [0.1, 0.15) is 18.3 Å². The lowest BCUT2D eigenvalue weighted by atomic mass is 10.0. The van der Waals surface area contributed by atoms with Gasteiger partial charge in [0.15, 0.2) is 0 Å². The van der Waals surface area contributed by atoms with Crippen LogP contribution in [0.2, 0.25) is 10.0 Å².